The number of ether oxygens (including phenoxy) is 1. The van der Waals surface area contributed by atoms with Crippen molar-refractivity contribution in [2.75, 3.05) is 12.4 Å². The van der Waals surface area contributed by atoms with E-state index in [4.69, 9.17) is 9.26 Å². The lowest BCUT2D eigenvalue weighted by Gasteiger charge is -2.07. The van der Waals surface area contributed by atoms with Crippen LogP contribution in [0.15, 0.2) is 77.3 Å². The lowest BCUT2D eigenvalue weighted by atomic mass is 10.1. The van der Waals surface area contributed by atoms with Crippen molar-refractivity contribution in [1.82, 2.24) is 5.16 Å². The Balaban J connectivity index is 1.67. The highest BCUT2D eigenvalue weighted by atomic mass is 16.5. The van der Waals surface area contributed by atoms with E-state index in [0.29, 0.717) is 28.3 Å². The molecule has 0 saturated heterocycles. The Labute approximate surface area is 150 Å². The van der Waals surface area contributed by atoms with Crippen LogP contribution in [0.2, 0.25) is 0 Å². The highest BCUT2D eigenvalue weighted by Crippen LogP contribution is 2.29. The molecule has 0 bridgehead atoms. The van der Waals surface area contributed by atoms with E-state index in [-0.39, 0.29) is 5.91 Å². The third-order valence-corrected chi connectivity index (χ3v) is 4.10. The fourth-order valence-corrected chi connectivity index (χ4v) is 2.78. The van der Waals surface area contributed by atoms with Gasteiger partial charge in [-0.15, -0.1) is 0 Å². The second kappa shape index (κ2) is 6.72. The number of fused-ring (bicyclic) bond motifs is 1. The minimum Gasteiger partial charge on any atom is -0.497 e. The first-order valence-electron chi connectivity index (χ1n) is 8.15. The molecular weight excluding hydrogens is 328 g/mol. The number of hydrogen-bond acceptors (Lipinski definition) is 4. The van der Waals surface area contributed by atoms with Crippen LogP contribution in [0.5, 0.6) is 5.75 Å². The van der Waals surface area contributed by atoms with Crippen LogP contribution in [0, 0.1) is 0 Å². The molecule has 4 rings (SSSR count). The number of anilines is 1. The number of nitrogens with zero attached hydrogens (tertiary/aromatic N) is 1. The normalized spacial score (nSPS) is 10.7. The number of amides is 1. The SMILES string of the molecule is COc1cccc(NC(=O)c2ccc3noc(-c4ccccc4)c3c2)c1. The molecule has 0 saturated carbocycles. The van der Waals surface area contributed by atoms with Crippen LogP contribution in [0.1, 0.15) is 10.4 Å². The standard InChI is InChI=1S/C21H16N2O3/c1-25-17-9-5-8-16(13-17)22-21(24)15-10-11-19-18(12-15)20(26-23-19)14-6-3-2-4-7-14/h2-13H,1H3,(H,22,24). The third-order valence-electron chi connectivity index (χ3n) is 4.10. The summed E-state index contributed by atoms with van der Waals surface area (Å²) in [6.07, 6.45) is 0. The van der Waals surface area contributed by atoms with Gasteiger partial charge in [-0.05, 0) is 30.3 Å². The molecule has 26 heavy (non-hydrogen) atoms. The smallest absolute Gasteiger partial charge is 0.255 e. The average molecular weight is 344 g/mol. The maximum Gasteiger partial charge on any atom is 0.255 e. The Morgan fingerprint density at radius 3 is 2.65 bits per heavy atom. The molecule has 0 aliphatic carbocycles. The van der Waals surface area contributed by atoms with Gasteiger partial charge in [0.05, 0.1) is 12.5 Å². The number of hydrogen-bond donors (Lipinski definition) is 1. The molecule has 1 N–H and O–H groups in total. The molecule has 128 valence electrons. The van der Waals surface area contributed by atoms with Gasteiger partial charge in [0.15, 0.2) is 5.76 Å². The predicted octanol–water partition coefficient (Wildman–Crippen LogP) is 4.76. The molecule has 0 unspecified atom stereocenters. The van der Waals surface area contributed by atoms with Gasteiger partial charge in [0.2, 0.25) is 0 Å². The first-order chi connectivity index (χ1) is 12.7. The lowest BCUT2D eigenvalue weighted by Crippen LogP contribution is -2.11. The Hall–Kier alpha value is -3.60. The quantitative estimate of drug-likeness (QED) is 0.580. The van der Waals surface area contributed by atoms with Crippen molar-refractivity contribution in [1.29, 1.82) is 0 Å². The maximum atomic E-state index is 12.6. The first-order valence-corrected chi connectivity index (χ1v) is 8.15. The van der Waals surface area contributed by atoms with E-state index in [0.717, 1.165) is 10.9 Å². The molecule has 3 aromatic carbocycles. The first kappa shape index (κ1) is 15.9. The minimum atomic E-state index is -0.208. The van der Waals surface area contributed by atoms with Gasteiger partial charge >= 0.3 is 0 Å². The van der Waals surface area contributed by atoms with Gasteiger partial charge in [-0.3, -0.25) is 4.79 Å². The molecule has 0 aliphatic heterocycles. The monoisotopic (exact) mass is 344 g/mol. The zero-order valence-corrected chi connectivity index (χ0v) is 14.1. The Bertz CT molecular complexity index is 1070. The molecule has 4 aromatic rings. The molecule has 0 spiro atoms. The highest BCUT2D eigenvalue weighted by molar-refractivity contribution is 6.07. The van der Waals surface area contributed by atoms with Crippen molar-refractivity contribution in [3.8, 4) is 17.1 Å². The van der Waals surface area contributed by atoms with Crippen LogP contribution in [0.4, 0.5) is 5.69 Å². The fourth-order valence-electron chi connectivity index (χ4n) is 2.78. The van der Waals surface area contributed by atoms with E-state index < -0.39 is 0 Å². The van der Waals surface area contributed by atoms with Gasteiger partial charge in [0, 0.05) is 22.9 Å². The van der Waals surface area contributed by atoms with E-state index in [1.807, 2.05) is 48.5 Å². The van der Waals surface area contributed by atoms with Gasteiger partial charge in [-0.25, -0.2) is 0 Å². The van der Waals surface area contributed by atoms with Gasteiger partial charge in [-0.1, -0.05) is 41.6 Å². The van der Waals surface area contributed by atoms with Crippen molar-refractivity contribution < 1.29 is 14.1 Å². The van der Waals surface area contributed by atoms with Crippen LogP contribution in [0.25, 0.3) is 22.2 Å². The van der Waals surface area contributed by atoms with Crippen molar-refractivity contribution in [3.63, 3.8) is 0 Å². The molecule has 0 aliphatic rings. The fraction of sp³-hybridized carbons (Fsp3) is 0.0476. The summed E-state index contributed by atoms with van der Waals surface area (Å²) in [6.45, 7) is 0. The summed E-state index contributed by atoms with van der Waals surface area (Å²) in [7, 11) is 1.59. The van der Waals surface area contributed by atoms with E-state index in [1.165, 1.54) is 0 Å². The molecule has 1 aromatic heterocycles. The Morgan fingerprint density at radius 1 is 1.00 bits per heavy atom. The summed E-state index contributed by atoms with van der Waals surface area (Å²) in [5.41, 5.74) is 2.82. The largest absolute Gasteiger partial charge is 0.497 e. The highest BCUT2D eigenvalue weighted by Gasteiger charge is 2.14. The molecule has 5 heteroatoms. The minimum absolute atomic E-state index is 0.208. The average Bonchev–Trinajstić information content (AvgIpc) is 3.12. The molecule has 0 radical (unpaired) electrons. The Morgan fingerprint density at radius 2 is 1.85 bits per heavy atom. The van der Waals surface area contributed by atoms with Crippen molar-refractivity contribution in [2.24, 2.45) is 0 Å². The van der Waals surface area contributed by atoms with E-state index >= 15 is 0 Å². The molecule has 1 amide bonds. The summed E-state index contributed by atoms with van der Waals surface area (Å²) in [4.78, 5) is 12.6. The molecule has 0 fully saturated rings. The summed E-state index contributed by atoms with van der Waals surface area (Å²) in [5, 5.41) is 7.76. The topological polar surface area (TPSA) is 64.4 Å². The van der Waals surface area contributed by atoms with Gasteiger partial charge in [0.1, 0.15) is 11.3 Å². The summed E-state index contributed by atoms with van der Waals surface area (Å²) >= 11 is 0. The van der Waals surface area contributed by atoms with E-state index in [2.05, 4.69) is 10.5 Å². The molecular formula is C21H16N2O3. The number of aromatic nitrogens is 1. The Kier molecular flexibility index (Phi) is 4.11. The predicted molar refractivity (Wildman–Crippen MR) is 100 cm³/mol. The zero-order chi connectivity index (χ0) is 17.9. The van der Waals surface area contributed by atoms with E-state index in [1.54, 1.807) is 31.4 Å². The zero-order valence-electron chi connectivity index (χ0n) is 14.1. The number of carbonyl (C=O) groups excluding carboxylic acids is 1. The molecule has 1 heterocycles. The maximum absolute atomic E-state index is 12.6. The van der Waals surface area contributed by atoms with Crippen molar-refractivity contribution in [3.05, 3.63) is 78.4 Å². The number of benzene rings is 3. The van der Waals surface area contributed by atoms with Crippen molar-refractivity contribution >= 4 is 22.5 Å². The number of methoxy groups -OCH3 is 1. The molecule has 5 nitrogen and oxygen atoms in total. The summed E-state index contributed by atoms with van der Waals surface area (Å²) in [6, 6.07) is 22.2. The summed E-state index contributed by atoms with van der Waals surface area (Å²) < 4.78 is 10.7. The number of rotatable bonds is 4. The van der Waals surface area contributed by atoms with Crippen LogP contribution in [0.3, 0.4) is 0 Å². The van der Waals surface area contributed by atoms with Gasteiger partial charge in [0.25, 0.3) is 5.91 Å². The van der Waals surface area contributed by atoms with Crippen LogP contribution >= 0.6 is 0 Å². The lowest BCUT2D eigenvalue weighted by molar-refractivity contribution is 0.102. The number of nitrogens with one attached hydrogen (secondary N) is 1. The second-order valence-electron chi connectivity index (χ2n) is 5.80. The van der Waals surface area contributed by atoms with Crippen molar-refractivity contribution in [2.45, 2.75) is 0 Å². The van der Waals surface area contributed by atoms with Crippen LogP contribution < -0.4 is 10.1 Å². The van der Waals surface area contributed by atoms with Crippen LogP contribution in [-0.2, 0) is 0 Å². The second-order valence-corrected chi connectivity index (χ2v) is 5.80. The molecule has 0 atom stereocenters. The summed E-state index contributed by atoms with van der Waals surface area (Å²) in [5.74, 6) is 1.13. The van der Waals surface area contributed by atoms with Gasteiger partial charge in [-0.2, -0.15) is 0 Å². The van der Waals surface area contributed by atoms with Crippen LogP contribution in [-0.4, -0.2) is 18.2 Å². The van der Waals surface area contributed by atoms with E-state index in [9.17, 15) is 4.79 Å². The van der Waals surface area contributed by atoms with Gasteiger partial charge < -0.3 is 14.6 Å². The number of carbonyl (C=O) groups is 1. The third kappa shape index (κ3) is 3.02.